The Morgan fingerprint density at radius 2 is 2.00 bits per heavy atom. The van der Waals surface area contributed by atoms with Gasteiger partial charge in [0.2, 0.25) is 0 Å². The molecule has 0 unspecified atom stereocenters. The monoisotopic (exact) mass is 297 g/mol. The van der Waals surface area contributed by atoms with Gasteiger partial charge in [0, 0.05) is 30.8 Å². The third-order valence-corrected chi connectivity index (χ3v) is 3.56. The van der Waals surface area contributed by atoms with E-state index in [0.717, 1.165) is 32.1 Å². The Morgan fingerprint density at radius 1 is 1.20 bits per heavy atom. The third kappa shape index (κ3) is 8.59. The minimum atomic E-state index is -0.0479. The van der Waals surface area contributed by atoms with E-state index in [1.807, 2.05) is 11.8 Å². The Labute approximate surface area is 127 Å². The molecule has 0 heterocycles. The van der Waals surface area contributed by atoms with Crippen molar-refractivity contribution >= 4 is 11.8 Å². The van der Waals surface area contributed by atoms with Crippen LogP contribution in [0.2, 0.25) is 0 Å². The zero-order chi connectivity index (χ0) is 14.8. The smallest absolute Gasteiger partial charge is 0.0598 e. The van der Waals surface area contributed by atoms with Crippen LogP contribution in [0, 0.1) is 0 Å². The molecule has 0 amide bonds. The van der Waals surface area contributed by atoms with Gasteiger partial charge in [0.1, 0.15) is 0 Å². The van der Waals surface area contributed by atoms with E-state index in [9.17, 15) is 0 Å². The highest BCUT2D eigenvalue weighted by Crippen LogP contribution is 2.19. The first-order valence-corrected chi connectivity index (χ1v) is 8.05. The van der Waals surface area contributed by atoms with Gasteiger partial charge in [0.25, 0.3) is 0 Å². The van der Waals surface area contributed by atoms with E-state index in [2.05, 4.69) is 50.4 Å². The summed E-state index contributed by atoms with van der Waals surface area (Å²) in [6.45, 7) is 9.56. The van der Waals surface area contributed by atoms with Gasteiger partial charge in [-0.15, -0.1) is 11.8 Å². The second-order valence-corrected chi connectivity index (χ2v) is 6.79. The second-order valence-electron chi connectivity index (χ2n) is 5.63. The maximum atomic E-state index is 5.73. The molecule has 0 saturated heterocycles. The van der Waals surface area contributed by atoms with Gasteiger partial charge in [-0.1, -0.05) is 12.1 Å². The molecule has 0 aromatic heterocycles. The van der Waals surface area contributed by atoms with Crippen LogP contribution in [0.5, 0.6) is 0 Å². The van der Waals surface area contributed by atoms with Gasteiger partial charge in [-0.3, -0.25) is 0 Å². The fourth-order valence-electron chi connectivity index (χ4n) is 1.66. The maximum Gasteiger partial charge on any atom is 0.0598 e. The molecule has 0 bridgehead atoms. The van der Waals surface area contributed by atoms with Crippen molar-refractivity contribution in [2.24, 2.45) is 0 Å². The van der Waals surface area contributed by atoms with Crippen molar-refractivity contribution in [3.05, 3.63) is 29.8 Å². The standard InChI is InChI=1S/C16H27NO2S/c1-16(2,3)19-10-11-20-15-7-5-6-14(12-15)13-17-8-9-18-4/h5-7,12,17H,8-11,13H2,1-4H3. The number of rotatable bonds is 9. The second kappa shape index (κ2) is 9.40. The first-order valence-electron chi connectivity index (χ1n) is 7.06. The molecule has 0 fully saturated rings. The fourth-order valence-corrected chi connectivity index (χ4v) is 2.47. The van der Waals surface area contributed by atoms with Crippen molar-refractivity contribution in [3.8, 4) is 0 Å². The first-order chi connectivity index (χ1) is 9.51. The van der Waals surface area contributed by atoms with E-state index < -0.39 is 0 Å². The van der Waals surface area contributed by atoms with Crippen LogP contribution in [0.4, 0.5) is 0 Å². The third-order valence-electron chi connectivity index (χ3n) is 2.60. The highest BCUT2D eigenvalue weighted by Gasteiger charge is 2.09. The molecule has 3 nitrogen and oxygen atoms in total. The predicted molar refractivity (Wildman–Crippen MR) is 86.5 cm³/mol. The van der Waals surface area contributed by atoms with Crippen molar-refractivity contribution in [1.82, 2.24) is 5.32 Å². The van der Waals surface area contributed by atoms with Crippen molar-refractivity contribution < 1.29 is 9.47 Å². The number of hydrogen-bond donors (Lipinski definition) is 1. The summed E-state index contributed by atoms with van der Waals surface area (Å²) in [6, 6.07) is 8.65. The van der Waals surface area contributed by atoms with Crippen molar-refractivity contribution in [3.63, 3.8) is 0 Å². The summed E-state index contributed by atoms with van der Waals surface area (Å²) in [5, 5.41) is 3.36. The summed E-state index contributed by atoms with van der Waals surface area (Å²) in [4.78, 5) is 1.30. The summed E-state index contributed by atoms with van der Waals surface area (Å²) < 4.78 is 10.7. The topological polar surface area (TPSA) is 30.5 Å². The number of hydrogen-bond acceptors (Lipinski definition) is 4. The van der Waals surface area contributed by atoms with Gasteiger partial charge in [-0.05, 0) is 38.5 Å². The lowest BCUT2D eigenvalue weighted by atomic mass is 10.2. The normalized spacial score (nSPS) is 11.8. The molecule has 0 spiro atoms. The Bertz CT molecular complexity index is 377. The first kappa shape index (κ1) is 17.5. The molecule has 0 aliphatic heterocycles. The van der Waals surface area contributed by atoms with E-state index in [1.165, 1.54) is 10.5 Å². The SMILES string of the molecule is COCCNCc1cccc(SCCOC(C)(C)C)c1. The average molecular weight is 297 g/mol. The molecule has 0 atom stereocenters. The fraction of sp³-hybridized carbons (Fsp3) is 0.625. The van der Waals surface area contributed by atoms with Crippen molar-refractivity contribution in [2.75, 3.05) is 32.6 Å². The zero-order valence-corrected chi connectivity index (χ0v) is 13.9. The number of methoxy groups -OCH3 is 1. The van der Waals surface area contributed by atoms with Gasteiger partial charge in [-0.2, -0.15) is 0 Å². The van der Waals surface area contributed by atoms with E-state index in [-0.39, 0.29) is 5.60 Å². The molecule has 114 valence electrons. The van der Waals surface area contributed by atoms with Gasteiger partial charge < -0.3 is 14.8 Å². The van der Waals surface area contributed by atoms with Gasteiger partial charge in [0.05, 0.1) is 18.8 Å². The van der Waals surface area contributed by atoms with E-state index in [1.54, 1.807) is 7.11 Å². The molecular formula is C16H27NO2S. The van der Waals surface area contributed by atoms with Gasteiger partial charge in [0.15, 0.2) is 0 Å². The van der Waals surface area contributed by atoms with Crippen molar-refractivity contribution in [1.29, 1.82) is 0 Å². The lowest BCUT2D eigenvalue weighted by Crippen LogP contribution is -2.20. The lowest BCUT2D eigenvalue weighted by Gasteiger charge is -2.19. The molecule has 1 rings (SSSR count). The molecule has 0 aliphatic carbocycles. The minimum Gasteiger partial charge on any atom is -0.383 e. The molecule has 20 heavy (non-hydrogen) atoms. The number of thioether (sulfide) groups is 1. The molecule has 0 saturated carbocycles. The zero-order valence-electron chi connectivity index (χ0n) is 13.1. The summed E-state index contributed by atoms with van der Waals surface area (Å²) in [5.74, 6) is 0.984. The largest absolute Gasteiger partial charge is 0.383 e. The highest BCUT2D eigenvalue weighted by molar-refractivity contribution is 7.99. The molecule has 0 radical (unpaired) electrons. The quantitative estimate of drug-likeness (QED) is 0.559. The van der Waals surface area contributed by atoms with Crippen LogP contribution in [0.25, 0.3) is 0 Å². The molecular weight excluding hydrogens is 270 g/mol. The molecule has 1 N–H and O–H groups in total. The highest BCUT2D eigenvalue weighted by atomic mass is 32.2. The minimum absolute atomic E-state index is 0.0479. The Kier molecular flexibility index (Phi) is 8.22. The Morgan fingerprint density at radius 3 is 2.70 bits per heavy atom. The van der Waals surface area contributed by atoms with E-state index in [4.69, 9.17) is 9.47 Å². The molecule has 4 heteroatoms. The van der Waals surface area contributed by atoms with Crippen LogP contribution in [-0.4, -0.2) is 38.2 Å². The van der Waals surface area contributed by atoms with Crippen LogP contribution < -0.4 is 5.32 Å². The average Bonchev–Trinajstić information content (AvgIpc) is 2.39. The number of benzene rings is 1. The Hall–Kier alpha value is -0.550. The Balaban J connectivity index is 2.28. The summed E-state index contributed by atoms with van der Waals surface area (Å²) in [6.07, 6.45) is 0. The molecule has 1 aromatic carbocycles. The summed E-state index contributed by atoms with van der Waals surface area (Å²) >= 11 is 1.84. The summed E-state index contributed by atoms with van der Waals surface area (Å²) in [7, 11) is 1.72. The van der Waals surface area contributed by atoms with Crippen LogP contribution in [-0.2, 0) is 16.0 Å². The van der Waals surface area contributed by atoms with Crippen molar-refractivity contribution in [2.45, 2.75) is 37.8 Å². The van der Waals surface area contributed by atoms with E-state index >= 15 is 0 Å². The molecule has 0 aliphatic rings. The van der Waals surface area contributed by atoms with E-state index in [0.29, 0.717) is 0 Å². The van der Waals surface area contributed by atoms with Crippen LogP contribution in [0.1, 0.15) is 26.3 Å². The number of nitrogens with one attached hydrogen (secondary N) is 1. The van der Waals surface area contributed by atoms with Crippen LogP contribution >= 0.6 is 11.8 Å². The van der Waals surface area contributed by atoms with Crippen LogP contribution in [0.15, 0.2) is 29.2 Å². The number of ether oxygens (including phenoxy) is 2. The van der Waals surface area contributed by atoms with Gasteiger partial charge >= 0.3 is 0 Å². The lowest BCUT2D eigenvalue weighted by molar-refractivity contribution is 0.00695. The van der Waals surface area contributed by atoms with Gasteiger partial charge in [-0.25, -0.2) is 0 Å². The van der Waals surface area contributed by atoms with Crippen LogP contribution in [0.3, 0.4) is 0 Å². The molecule has 1 aromatic rings. The predicted octanol–water partition coefficient (Wildman–Crippen LogP) is 3.33. The maximum absolute atomic E-state index is 5.73. The summed E-state index contributed by atoms with van der Waals surface area (Å²) in [5.41, 5.74) is 1.26.